The maximum absolute atomic E-state index is 12.6. The Bertz CT molecular complexity index is 861. The highest BCUT2D eigenvalue weighted by atomic mass is 32.1. The predicted octanol–water partition coefficient (Wildman–Crippen LogP) is 2.88. The van der Waals surface area contributed by atoms with Crippen molar-refractivity contribution in [2.45, 2.75) is 39.2 Å². The van der Waals surface area contributed by atoms with E-state index in [0.717, 1.165) is 42.3 Å². The zero-order valence-electron chi connectivity index (χ0n) is 13.0. The smallest absolute Gasteiger partial charge is 0.311 e. The Labute approximate surface area is 141 Å². The van der Waals surface area contributed by atoms with Gasteiger partial charge in [-0.15, -0.1) is 11.3 Å². The highest BCUT2D eigenvalue weighted by Gasteiger charge is 2.28. The Hall–Kier alpha value is -2.73. The van der Waals surface area contributed by atoms with Gasteiger partial charge in [-0.25, -0.2) is 0 Å². The molecule has 1 aliphatic rings. The van der Waals surface area contributed by atoms with Gasteiger partial charge in [0.05, 0.1) is 10.5 Å². The second kappa shape index (κ2) is 6.41. The Morgan fingerprint density at radius 3 is 2.96 bits per heavy atom. The number of hydrogen-bond donors (Lipinski definition) is 1. The minimum Gasteiger partial charge on any atom is -0.311 e. The number of aryl methyl sites for hydroxylation is 2. The molecular weight excluding hydrogens is 330 g/mol. The molecule has 0 fully saturated rings. The van der Waals surface area contributed by atoms with Crippen LogP contribution in [0, 0.1) is 21.4 Å². The van der Waals surface area contributed by atoms with Gasteiger partial charge in [0.2, 0.25) is 5.69 Å². The van der Waals surface area contributed by atoms with Crippen LogP contribution in [0.4, 0.5) is 10.7 Å². The molecule has 124 valence electrons. The summed E-state index contributed by atoms with van der Waals surface area (Å²) in [4.78, 5) is 24.2. The zero-order chi connectivity index (χ0) is 17.3. The number of nitriles is 1. The normalized spacial score (nSPS) is 13.2. The van der Waals surface area contributed by atoms with E-state index in [1.807, 2.05) is 0 Å². The third-order valence-corrected chi connectivity index (χ3v) is 5.25. The highest BCUT2D eigenvalue weighted by Crippen LogP contribution is 2.38. The van der Waals surface area contributed by atoms with Gasteiger partial charge in [0.1, 0.15) is 17.3 Å². The molecule has 0 unspecified atom stereocenters. The predicted molar refractivity (Wildman–Crippen MR) is 88.2 cm³/mol. The molecule has 0 saturated carbocycles. The number of fused-ring (bicyclic) bond motifs is 1. The molecule has 0 atom stereocenters. The van der Waals surface area contributed by atoms with Crippen molar-refractivity contribution in [3.63, 3.8) is 0 Å². The van der Waals surface area contributed by atoms with Crippen molar-refractivity contribution in [3.8, 4) is 6.07 Å². The van der Waals surface area contributed by atoms with Gasteiger partial charge >= 0.3 is 5.69 Å². The number of rotatable bonds is 4. The summed E-state index contributed by atoms with van der Waals surface area (Å²) in [6, 6.07) is 2.16. The summed E-state index contributed by atoms with van der Waals surface area (Å²) in [5, 5.41) is 27.6. The van der Waals surface area contributed by atoms with Gasteiger partial charge in [-0.3, -0.25) is 19.6 Å². The van der Waals surface area contributed by atoms with Crippen LogP contribution in [-0.2, 0) is 19.4 Å². The van der Waals surface area contributed by atoms with Gasteiger partial charge in [-0.2, -0.15) is 10.4 Å². The van der Waals surface area contributed by atoms with Gasteiger partial charge < -0.3 is 5.32 Å². The summed E-state index contributed by atoms with van der Waals surface area (Å²) in [5.41, 5.74) is 1.04. The monoisotopic (exact) mass is 345 g/mol. The third-order valence-electron chi connectivity index (χ3n) is 4.04. The number of carbonyl (C=O) groups excluding carboxylic acids is 1. The number of nitrogens with zero attached hydrogens (tertiary/aromatic N) is 4. The molecule has 8 nitrogen and oxygen atoms in total. The van der Waals surface area contributed by atoms with E-state index in [4.69, 9.17) is 0 Å². The van der Waals surface area contributed by atoms with Crippen molar-refractivity contribution in [1.29, 1.82) is 5.26 Å². The summed E-state index contributed by atoms with van der Waals surface area (Å²) in [7, 11) is 0. The first-order valence-corrected chi connectivity index (χ1v) is 8.44. The highest BCUT2D eigenvalue weighted by molar-refractivity contribution is 7.16. The Balaban J connectivity index is 1.97. The lowest BCUT2D eigenvalue weighted by Crippen LogP contribution is -2.18. The average molecular weight is 345 g/mol. The fourth-order valence-corrected chi connectivity index (χ4v) is 4.15. The van der Waals surface area contributed by atoms with Crippen LogP contribution >= 0.6 is 11.3 Å². The van der Waals surface area contributed by atoms with Gasteiger partial charge in [0, 0.05) is 11.4 Å². The fourth-order valence-electron chi connectivity index (χ4n) is 2.92. The molecule has 0 aliphatic heterocycles. The number of thiophene rings is 1. The summed E-state index contributed by atoms with van der Waals surface area (Å²) in [5.74, 6) is -0.615. The third kappa shape index (κ3) is 2.65. The first-order valence-electron chi connectivity index (χ1n) is 7.63. The van der Waals surface area contributed by atoms with Crippen LogP contribution in [-0.4, -0.2) is 20.6 Å². The van der Waals surface area contributed by atoms with Gasteiger partial charge in [0.25, 0.3) is 5.91 Å². The molecule has 0 bridgehead atoms. The maximum atomic E-state index is 12.6. The molecule has 24 heavy (non-hydrogen) atoms. The van der Waals surface area contributed by atoms with Crippen molar-refractivity contribution in [2.24, 2.45) is 0 Å². The number of nitro groups is 1. The van der Waals surface area contributed by atoms with Crippen molar-refractivity contribution >= 4 is 27.9 Å². The van der Waals surface area contributed by atoms with E-state index >= 15 is 0 Å². The first-order chi connectivity index (χ1) is 11.6. The SMILES string of the molecule is CCn1ncc([N+](=O)[O-])c1C(=O)Nc1sc2c(c1C#N)CCCC2. The molecule has 2 heterocycles. The molecule has 3 rings (SSSR count). The number of hydrogen-bond acceptors (Lipinski definition) is 6. The minimum absolute atomic E-state index is 0.0993. The molecule has 0 saturated heterocycles. The van der Waals surface area contributed by atoms with Crippen molar-refractivity contribution in [1.82, 2.24) is 9.78 Å². The summed E-state index contributed by atoms with van der Waals surface area (Å²) in [6.45, 7) is 2.08. The van der Waals surface area contributed by atoms with Crippen LogP contribution in [0.15, 0.2) is 6.20 Å². The Kier molecular flexibility index (Phi) is 4.31. The largest absolute Gasteiger partial charge is 0.320 e. The second-order valence-corrected chi connectivity index (χ2v) is 6.54. The lowest BCUT2D eigenvalue weighted by Gasteiger charge is -2.09. The zero-order valence-corrected chi connectivity index (χ0v) is 13.9. The van der Waals surface area contributed by atoms with E-state index in [9.17, 15) is 20.2 Å². The van der Waals surface area contributed by atoms with Gasteiger partial charge in [-0.1, -0.05) is 0 Å². The van der Waals surface area contributed by atoms with Crippen LogP contribution in [0.5, 0.6) is 0 Å². The summed E-state index contributed by atoms with van der Waals surface area (Å²) in [6.07, 6.45) is 4.90. The number of anilines is 1. The van der Waals surface area contributed by atoms with Crippen LogP contribution in [0.2, 0.25) is 0 Å². The van der Waals surface area contributed by atoms with Crippen molar-refractivity contribution in [2.75, 3.05) is 5.32 Å². The van der Waals surface area contributed by atoms with Crippen LogP contribution in [0.25, 0.3) is 0 Å². The van der Waals surface area contributed by atoms with Crippen LogP contribution in [0.1, 0.15) is 46.3 Å². The number of amides is 1. The molecule has 2 aromatic rings. The van der Waals surface area contributed by atoms with E-state index in [0.29, 0.717) is 17.1 Å². The average Bonchev–Trinajstić information content (AvgIpc) is 3.15. The van der Waals surface area contributed by atoms with E-state index in [2.05, 4.69) is 16.5 Å². The summed E-state index contributed by atoms with van der Waals surface area (Å²) < 4.78 is 1.28. The maximum Gasteiger partial charge on any atom is 0.320 e. The van der Waals surface area contributed by atoms with Gasteiger partial charge in [-0.05, 0) is 38.2 Å². The summed E-state index contributed by atoms with van der Waals surface area (Å²) >= 11 is 1.39. The van der Waals surface area contributed by atoms with Crippen molar-refractivity contribution < 1.29 is 9.72 Å². The quantitative estimate of drug-likeness (QED) is 0.676. The Morgan fingerprint density at radius 1 is 1.54 bits per heavy atom. The van der Waals surface area contributed by atoms with E-state index in [1.54, 1.807) is 6.92 Å². The van der Waals surface area contributed by atoms with Crippen LogP contribution < -0.4 is 5.32 Å². The first kappa shape index (κ1) is 16.1. The minimum atomic E-state index is -0.626. The van der Waals surface area contributed by atoms with E-state index in [-0.39, 0.29) is 11.4 Å². The van der Waals surface area contributed by atoms with E-state index < -0.39 is 10.8 Å². The lowest BCUT2D eigenvalue weighted by atomic mass is 9.96. The molecule has 1 aliphatic carbocycles. The number of aromatic nitrogens is 2. The van der Waals surface area contributed by atoms with Gasteiger partial charge in [0.15, 0.2) is 0 Å². The number of carbonyl (C=O) groups is 1. The molecule has 0 aromatic carbocycles. The van der Waals surface area contributed by atoms with Crippen LogP contribution in [0.3, 0.4) is 0 Å². The molecule has 1 N–H and O–H groups in total. The molecule has 2 aromatic heterocycles. The molecular formula is C15H15N5O3S. The number of nitrogens with one attached hydrogen (secondary N) is 1. The standard InChI is InChI=1S/C15H15N5O3S/c1-2-19-13(11(8-17-19)20(22)23)14(21)18-15-10(7-16)9-5-3-4-6-12(9)24-15/h8H,2-6H2,1H3,(H,18,21). The van der Waals surface area contributed by atoms with E-state index in [1.165, 1.54) is 16.0 Å². The Morgan fingerprint density at radius 2 is 2.29 bits per heavy atom. The lowest BCUT2D eigenvalue weighted by molar-refractivity contribution is -0.385. The molecule has 9 heteroatoms. The molecule has 1 amide bonds. The fraction of sp³-hybridized carbons (Fsp3) is 0.400. The topological polar surface area (TPSA) is 114 Å². The molecule has 0 radical (unpaired) electrons. The second-order valence-electron chi connectivity index (χ2n) is 5.43. The molecule has 0 spiro atoms. The van der Waals surface area contributed by atoms with Crippen molar-refractivity contribution in [3.05, 3.63) is 38.0 Å².